The molecule has 0 saturated heterocycles. The summed E-state index contributed by atoms with van der Waals surface area (Å²) in [5.74, 6) is 2.82. The van der Waals surface area contributed by atoms with E-state index in [0.29, 0.717) is 5.92 Å². The Hall–Kier alpha value is -1.29. The van der Waals surface area contributed by atoms with E-state index < -0.39 is 0 Å². The van der Waals surface area contributed by atoms with Crippen LogP contribution < -0.4 is 0 Å². The van der Waals surface area contributed by atoms with Crippen molar-refractivity contribution in [3.8, 4) is 0 Å². The van der Waals surface area contributed by atoms with Gasteiger partial charge in [0, 0.05) is 12.1 Å². The van der Waals surface area contributed by atoms with Gasteiger partial charge in [-0.05, 0) is 12.1 Å². The lowest BCUT2D eigenvalue weighted by Gasteiger charge is -1.98. The predicted molar refractivity (Wildman–Crippen MR) is 64.4 cm³/mol. The van der Waals surface area contributed by atoms with Crippen LogP contribution >= 0.6 is 11.8 Å². The molecule has 0 aliphatic rings. The van der Waals surface area contributed by atoms with E-state index in [1.165, 1.54) is 0 Å². The lowest BCUT2D eigenvalue weighted by atomic mass is 10.2. The number of oxazole rings is 1. The zero-order chi connectivity index (χ0) is 11.4. The molecule has 0 N–H and O–H groups in total. The van der Waals surface area contributed by atoms with Crippen LogP contribution in [0.15, 0.2) is 40.0 Å². The maximum Gasteiger partial charge on any atom is 0.204 e. The third kappa shape index (κ3) is 2.85. The molecule has 2 aromatic rings. The maximum atomic E-state index is 5.61. The molecule has 0 bridgehead atoms. The molecule has 0 aromatic carbocycles. The molecule has 16 heavy (non-hydrogen) atoms. The zero-order valence-electron chi connectivity index (χ0n) is 9.38. The summed E-state index contributed by atoms with van der Waals surface area (Å²) in [6.45, 7) is 4.19. The Kier molecular flexibility index (Phi) is 3.62. The van der Waals surface area contributed by atoms with Gasteiger partial charge in [0.15, 0.2) is 0 Å². The summed E-state index contributed by atoms with van der Waals surface area (Å²) < 4.78 is 5.61. The van der Waals surface area contributed by atoms with Gasteiger partial charge in [-0.2, -0.15) is 0 Å². The van der Waals surface area contributed by atoms with Gasteiger partial charge in [-0.15, -0.1) is 0 Å². The van der Waals surface area contributed by atoms with E-state index in [1.807, 2.05) is 18.2 Å². The Morgan fingerprint density at radius 2 is 2.19 bits per heavy atom. The summed E-state index contributed by atoms with van der Waals surface area (Å²) in [4.78, 5) is 8.47. The van der Waals surface area contributed by atoms with Crippen LogP contribution in [-0.2, 0) is 5.75 Å². The van der Waals surface area contributed by atoms with Crippen LogP contribution in [0.4, 0.5) is 0 Å². The largest absolute Gasteiger partial charge is 0.445 e. The van der Waals surface area contributed by atoms with Crippen molar-refractivity contribution in [2.45, 2.75) is 30.5 Å². The second-order valence-electron chi connectivity index (χ2n) is 3.77. The first-order valence-electron chi connectivity index (χ1n) is 5.24. The van der Waals surface area contributed by atoms with Crippen LogP contribution in [0.3, 0.4) is 0 Å². The van der Waals surface area contributed by atoms with Crippen molar-refractivity contribution in [2.24, 2.45) is 0 Å². The molecular weight excluding hydrogens is 220 g/mol. The fraction of sp³-hybridized carbons (Fsp3) is 0.333. The van der Waals surface area contributed by atoms with Gasteiger partial charge in [0.1, 0.15) is 5.76 Å². The molecule has 4 heteroatoms. The first-order chi connectivity index (χ1) is 7.75. The van der Waals surface area contributed by atoms with Gasteiger partial charge in [0.05, 0.1) is 17.0 Å². The third-order valence-corrected chi connectivity index (χ3v) is 3.05. The van der Waals surface area contributed by atoms with Crippen molar-refractivity contribution in [1.29, 1.82) is 0 Å². The minimum absolute atomic E-state index is 0.390. The van der Waals surface area contributed by atoms with Crippen molar-refractivity contribution in [2.75, 3.05) is 0 Å². The number of rotatable bonds is 4. The molecule has 0 aliphatic carbocycles. The number of hydrogen-bond acceptors (Lipinski definition) is 4. The van der Waals surface area contributed by atoms with Gasteiger partial charge in [0.2, 0.25) is 5.89 Å². The highest BCUT2D eigenvalue weighted by atomic mass is 32.2. The van der Waals surface area contributed by atoms with Crippen LogP contribution in [0.25, 0.3) is 0 Å². The van der Waals surface area contributed by atoms with Crippen molar-refractivity contribution in [3.63, 3.8) is 0 Å². The molecule has 0 saturated carbocycles. The molecule has 2 heterocycles. The normalized spacial score (nSPS) is 10.9. The average Bonchev–Trinajstić information content (AvgIpc) is 2.76. The van der Waals surface area contributed by atoms with Crippen molar-refractivity contribution < 1.29 is 4.42 Å². The summed E-state index contributed by atoms with van der Waals surface area (Å²) in [5.41, 5.74) is 0. The van der Waals surface area contributed by atoms with Gasteiger partial charge in [0.25, 0.3) is 0 Å². The van der Waals surface area contributed by atoms with Crippen molar-refractivity contribution in [1.82, 2.24) is 9.97 Å². The van der Waals surface area contributed by atoms with Gasteiger partial charge < -0.3 is 4.42 Å². The van der Waals surface area contributed by atoms with Gasteiger partial charge >= 0.3 is 0 Å². The van der Waals surface area contributed by atoms with E-state index >= 15 is 0 Å². The molecule has 3 nitrogen and oxygen atoms in total. The molecular formula is C12H14N2OS. The van der Waals surface area contributed by atoms with E-state index in [4.69, 9.17) is 4.42 Å². The topological polar surface area (TPSA) is 38.9 Å². The molecule has 2 rings (SSSR count). The fourth-order valence-electron chi connectivity index (χ4n) is 1.23. The predicted octanol–water partition coefficient (Wildman–Crippen LogP) is 3.49. The minimum Gasteiger partial charge on any atom is -0.445 e. The minimum atomic E-state index is 0.390. The average molecular weight is 234 g/mol. The quantitative estimate of drug-likeness (QED) is 0.759. The third-order valence-electron chi connectivity index (χ3n) is 2.12. The second kappa shape index (κ2) is 5.16. The Morgan fingerprint density at radius 3 is 2.81 bits per heavy atom. The van der Waals surface area contributed by atoms with Crippen LogP contribution in [0, 0.1) is 0 Å². The van der Waals surface area contributed by atoms with Crippen LogP contribution in [-0.4, -0.2) is 9.97 Å². The summed E-state index contributed by atoms with van der Waals surface area (Å²) in [6.07, 6.45) is 3.59. The van der Waals surface area contributed by atoms with Crippen LogP contribution in [0.5, 0.6) is 0 Å². The van der Waals surface area contributed by atoms with Gasteiger partial charge in [-0.3, -0.25) is 0 Å². The maximum absolute atomic E-state index is 5.61. The molecule has 0 atom stereocenters. The van der Waals surface area contributed by atoms with E-state index in [0.717, 1.165) is 22.4 Å². The highest BCUT2D eigenvalue weighted by Crippen LogP contribution is 2.22. The molecule has 0 unspecified atom stereocenters. The smallest absolute Gasteiger partial charge is 0.204 e. The highest BCUT2D eigenvalue weighted by molar-refractivity contribution is 7.98. The van der Waals surface area contributed by atoms with E-state index in [2.05, 4.69) is 23.8 Å². The Morgan fingerprint density at radius 1 is 1.31 bits per heavy atom. The second-order valence-corrected chi connectivity index (χ2v) is 4.76. The van der Waals surface area contributed by atoms with Crippen LogP contribution in [0.1, 0.15) is 31.4 Å². The van der Waals surface area contributed by atoms with E-state index in [9.17, 15) is 0 Å². The van der Waals surface area contributed by atoms with Crippen molar-refractivity contribution >= 4 is 11.8 Å². The number of nitrogens with zero attached hydrogens (tertiary/aromatic N) is 2. The number of pyridine rings is 1. The summed E-state index contributed by atoms with van der Waals surface area (Å²) in [6, 6.07) is 5.87. The van der Waals surface area contributed by atoms with Crippen LogP contribution in [0.2, 0.25) is 0 Å². The summed E-state index contributed by atoms with van der Waals surface area (Å²) in [7, 11) is 0. The molecule has 2 aromatic heterocycles. The lowest BCUT2D eigenvalue weighted by molar-refractivity contribution is 0.453. The first-order valence-corrected chi connectivity index (χ1v) is 6.22. The zero-order valence-corrected chi connectivity index (χ0v) is 10.2. The van der Waals surface area contributed by atoms with Gasteiger partial charge in [-0.25, -0.2) is 9.97 Å². The first kappa shape index (κ1) is 11.2. The Balaban J connectivity index is 1.95. The standard InChI is InChI=1S/C12H14N2OS/c1-9(2)10-7-14-11(15-10)8-16-12-5-3-4-6-13-12/h3-7,9H,8H2,1-2H3. The molecule has 0 radical (unpaired) electrons. The highest BCUT2D eigenvalue weighted by Gasteiger charge is 2.07. The number of hydrogen-bond donors (Lipinski definition) is 0. The lowest BCUT2D eigenvalue weighted by Crippen LogP contribution is -1.82. The number of thioether (sulfide) groups is 1. The summed E-state index contributed by atoms with van der Waals surface area (Å²) in [5, 5.41) is 0.992. The Labute approximate surface area is 99.3 Å². The SMILES string of the molecule is CC(C)c1cnc(CSc2ccccn2)o1. The molecule has 84 valence electrons. The van der Waals surface area contributed by atoms with E-state index in [1.54, 1.807) is 24.2 Å². The summed E-state index contributed by atoms with van der Waals surface area (Å²) >= 11 is 1.63. The molecule has 0 spiro atoms. The molecule has 0 fully saturated rings. The van der Waals surface area contributed by atoms with Crippen molar-refractivity contribution in [3.05, 3.63) is 42.2 Å². The van der Waals surface area contributed by atoms with Gasteiger partial charge in [-0.1, -0.05) is 31.7 Å². The van der Waals surface area contributed by atoms with E-state index in [-0.39, 0.29) is 0 Å². The number of aromatic nitrogens is 2. The molecule has 0 aliphatic heterocycles. The monoisotopic (exact) mass is 234 g/mol. The fourth-order valence-corrected chi connectivity index (χ4v) is 1.94. The molecule has 0 amide bonds. The Bertz CT molecular complexity index is 439.